The normalized spacial score (nSPS) is 16.3. The van der Waals surface area contributed by atoms with E-state index in [1.807, 2.05) is 0 Å². The van der Waals surface area contributed by atoms with Crippen molar-refractivity contribution in [2.45, 2.75) is 39.7 Å². The molecular weight excluding hydrogens is 152 g/mol. The van der Waals surface area contributed by atoms with Crippen LogP contribution in [0.15, 0.2) is 0 Å². The van der Waals surface area contributed by atoms with Gasteiger partial charge in [0.05, 0.1) is 11.0 Å². The molecule has 68 valence electrons. The lowest BCUT2D eigenvalue weighted by atomic mass is 9.70. The topological polar surface area (TPSA) is 37.3 Å². The number of carbonyl (C=O) groups is 1. The van der Waals surface area contributed by atoms with Crippen molar-refractivity contribution in [2.24, 2.45) is 5.41 Å². The third-order valence-electron chi connectivity index (χ3n) is 2.58. The van der Waals surface area contributed by atoms with Gasteiger partial charge in [-0.25, -0.2) is 0 Å². The van der Waals surface area contributed by atoms with Crippen molar-refractivity contribution in [1.29, 1.82) is 0 Å². The Labute approximate surface area is 74.0 Å². The summed E-state index contributed by atoms with van der Waals surface area (Å²) in [6.07, 6.45) is 5.41. The first-order valence-electron chi connectivity index (χ1n) is 3.92. The number of aliphatic hydroxyl groups is 1. The molecule has 0 bridgehead atoms. The highest BCUT2D eigenvalue weighted by molar-refractivity contribution is 5.83. The van der Waals surface area contributed by atoms with Gasteiger partial charge < -0.3 is 5.11 Å². The maximum atomic E-state index is 11.2. The Hall–Kier alpha value is -0.810. The van der Waals surface area contributed by atoms with Crippen molar-refractivity contribution in [3.8, 4) is 12.3 Å². The zero-order valence-electron chi connectivity index (χ0n) is 8.14. The summed E-state index contributed by atoms with van der Waals surface area (Å²) in [5.41, 5.74) is -1.90. The standard InChI is InChI=1S/C10H16O2/c1-6-7-10(5,8(2)11)9(3,4)12/h1,12H,7H2,2-5H3. The van der Waals surface area contributed by atoms with Crippen LogP contribution >= 0.6 is 0 Å². The van der Waals surface area contributed by atoms with Crippen LogP contribution in [0.3, 0.4) is 0 Å². The van der Waals surface area contributed by atoms with Crippen LogP contribution in [0.4, 0.5) is 0 Å². The van der Waals surface area contributed by atoms with Gasteiger partial charge in [0.1, 0.15) is 5.78 Å². The molecule has 0 amide bonds. The van der Waals surface area contributed by atoms with Crippen LogP contribution in [-0.2, 0) is 4.79 Å². The van der Waals surface area contributed by atoms with Gasteiger partial charge in [-0.15, -0.1) is 12.3 Å². The molecule has 0 radical (unpaired) electrons. The zero-order valence-corrected chi connectivity index (χ0v) is 8.14. The Morgan fingerprint density at radius 1 is 1.50 bits per heavy atom. The molecule has 2 nitrogen and oxygen atoms in total. The van der Waals surface area contributed by atoms with Crippen molar-refractivity contribution in [3.05, 3.63) is 0 Å². The molecule has 0 aromatic rings. The summed E-state index contributed by atoms with van der Waals surface area (Å²) < 4.78 is 0. The van der Waals surface area contributed by atoms with E-state index >= 15 is 0 Å². The minimum Gasteiger partial charge on any atom is -0.389 e. The van der Waals surface area contributed by atoms with Gasteiger partial charge >= 0.3 is 0 Å². The number of hydrogen-bond donors (Lipinski definition) is 1. The highest BCUT2D eigenvalue weighted by Crippen LogP contribution is 2.34. The number of ketones is 1. The molecule has 1 N–H and O–H groups in total. The van der Waals surface area contributed by atoms with E-state index in [0.717, 1.165) is 0 Å². The molecule has 0 rings (SSSR count). The van der Waals surface area contributed by atoms with Crippen molar-refractivity contribution >= 4 is 5.78 Å². The maximum Gasteiger partial charge on any atom is 0.139 e. The Bertz CT molecular complexity index is 217. The fraction of sp³-hybridized carbons (Fsp3) is 0.700. The monoisotopic (exact) mass is 168 g/mol. The predicted molar refractivity (Wildman–Crippen MR) is 48.5 cm³/mol. The summed E-state index contributed by atoms with van der Waals surface area (Å²) in [6, 6.07) is 0. The van der Waals surface area contributed by atoms with Gasteiger partial charge in [0.2, 0.25) is 0 Å². The number of carbonyl (C=O) groups excluding carboxylic acids is 1. The Kier molecular flexibility index (Phi) is 3.06. The van der Waals surface area contributed by atoms with E-state index in [-0.39, 0.29) is 12.2 Å². The number of terminal acetylenes is 1. The smallest absolute Gasteiger partial charge is 0.139 e. The van der Waals surface area contributed by atoms with Gasteiger partial charge in [-0.2, -0.15) is 0 Å². The van der Waals surface area contributed by atoms with E-state index < -0.39 is 11.0 Å². The second kappa shape index (κ2) is 3.28. The van der Waals surface area contributed by atoms with Crippen molar-refractivity contribution in [3.63, 3.8) is 0 Å². The fourth-order valence-corrected chi connectivity index (χ4v) is 0.976. The summed E-state index contributed by atoms with van der Waals surface area (Å²) >= 11 is 0. The van der Waals surface area contributed by atoms with Gasteiger partial charge in [-0.3, -0.25) is 4.79 Å². The van der Waals surface area contributed by atoms with Crippen molar-refractivity contribution < 1.29 is 9.90 Å². The van der Waals surface area contributed by atoms with Gasteiger partial charge in [-0.05, 0) is 27.7 Å². The molecule has 0 aromatic heterocycles. The van der Waals surface area contributed by atoms with Crippen LogP contribution < -0.4 is 0 Å². The highest BCUT2D eigenvalue weighted by Gasteiger charge is 2.42. The molecule has 0 aliphatic carbocycles. The lowest BCUT2D eigenvalue weighted by Crippen LogP contribution is -2.46. The summed E-state index contributed by atoms with van der Waals surface area (Å²) in [5.74, 6) is 2.34. The average molecular weight is 168 g/mol. The van der Waals surface area contributed by atoms with E-state index in [9.17, 15) is 9.90 Å². The Balaban J connectivity index is 4.91. The largest absolute Gasteiger partial charge is 0.389 e. The summed E-state index contributed by atoms with van der Waals surface area (Å²) in [6.45, 7) is 6.35. The molecule has 12 heavy (non-hydrogen) atoms. The van der Waals surface area contributed by atoms with Crippen molar-refractivity contribution in [2.75, 3.05) is 0 Å². The van der Waals surface area contributed by atoms with Gasteiger partial charge in [0, 0.05) is 6.42 Å². The van der Waals surface area contributed by atoms with E-state index in [2.05, 4.69) is 5.92 Å². The van der Waals surface area contributed by atoms with Crippen LogP contribution in [0.1, 0.15) is 34.1 Å². The lowest BCUT2D eigenvalue weighted by molar-refractivity contribution is -0.139. The molecule has 1 unspecified atom stereocenters. The van der Waals surface area contributed by atoms with E-state index in [4.69, 9.17) is 6.42 Å². The zero-order chi connectivity index (χ0) is 9.99. The third-order valence-corrected chi connectivity index (χ3v) is 2.58. The second-order valence-corrected chi connectivity index (χ2v) is 3.83. The summed E-state index contributed by atoms with van der Waals surface area (Å²) in [4.78, 5) is 11.2. The van der Waals surface area contributed by atoms with Gasteiger partial charge in [0.25, 0.3) is 0 Å². The van der Waals surface area contributed by atoms with Crippen LogP contribution in [0.5, 0.6) is 0 Å². The Morgan fingerprint density at radius 3 is 2.00 bits per heavy atom. The molecule has 0 aromatic carbocycles. The average Bonchev–Trinajstić information content (AvgIpc) is 1.85. The lowest BCUT2D eigenvalue weighted by Gasteiger charge is -2.36. The van der Waals surface area contributed by atoms with Crippen LogP contribution in [0.25, 0.3) is 0 Å². The van der Waals surface area contributed by atoms with Crippen molar-refractivity contribution in [1.82, 2.24) is 0 Å². The summed E-state index contributed by atoms with van der Waals surface area (Å²) in [7, 11) is 0. The number of hydrogen-bond acceptors (Lipinski definition) is 2. The van der Waals surface area contributed by atoms with E-state index in [1.165, 1.54) is 6.92 Å². The highest BCUT2D eigenvalue weighted by atomic mass is 16.3. The minimum absolute atomic E-state index is 0.0760. The van der Waals surface area contributed by atoms with E-state index in [0.29, 0.717) is 0 Å². The minimum atomic E-state index is -1.06. The third kappa shape index (κ3) is 1.86. The SMILES string of the molecule is C#CCC(C)(C(C)=O)C(C)(C)O. The number of rotatable bonds is 3. The van der Waals surface area contributed by atoms with E-state index in [1.54, 1.807) is 20.8 Å². The Morgan fingerprint density at radius 2 is 1.92 bits per heavy atom. The first-order chi connectivity index (χ1) is 5.25. The molecule has 0 aliphatic rings. The van der Waals surface area contributed by atoms with Gasteiger partial charge in [0.15, 0.2) is 0 Å². The predicted octanol–water partition coefficient (Wildman–Crippen LogP) is 1.38. The molecule has 2 heteroatoms. The quantitative estimate of drug-likeness (QED) is 0.646. The van der Waals surface area contributed by atoms with Crippen LogP contribution in [-0.4, -0.2) is 16.5 Å². The van der Waals surface area contributed by atoms with Crippen LogP contribution in [0.2, 0.25) is 0 Å². The maximum absolute atomic E-state index is 11.2. The molecule has 0 spiro atoms. The van der Waals surface area contributed by atoms with Crippen LogP contribution in [0, 0.1) is 17.8 Å². The molecule has 0 aliphatic heterocycles. The fourth-order valence-electron chi connectivity index (χ4n) is 0.976. The second-order valence-electron chi connectivity index (χ2n) is 3.83. The first kappa shape index (κ1) is 11.2. The summed E-state index contributed by atoms with van der Waals surface area (Å²) in [5, 5.41) is 9.72. The molecule has 1 atom stereocenters. The molecule has 0 saturated carbocycles. The van der Waals surface area contributed by atoms with Gasteiger partial charge in [-0.1, -0.05) is 0 Å². The molecule has 0 saturated heterocycles. The molecule has 0 fully saturated rings. The number of Topliss-reactive ketones (excluding diaryl/α,β-unsaturated/α-hetero) is 1. The first-order valence-corrected chi connectivity index (χ1v) is 3.92. The molecular formula is C10H16O2. The molecule has 0 heterocycles.